The number of rotatable bonds is 4. The Hall–Kier alpha value is 0.849. The maximum absolute atomic E-state index is 12.1. The molecule has 0 aliphatic heterocycles. The van der Waals surface area contributed by atoms with Crippen LogP contribution in [-0.4, -0.2) is 48.6 Å². The van der Waals surface area contributed by atoms with Crippen LogP contribution in [0.4, 0.5) is 13.2 Å². The van der Waals surface area contributed by atoms with E-state index in [0.717, 1.165) is 0 Å². The van der Waals surface area contributed by atoms with E-state index in [1.807, 2.05) is 14.8 Å². The predicted octanol–water partition coefficient (Wildman–Crippen LogP) is 2.71. The van der Waals surface area contributed by atoms with Gasteiger partial charge in [-0.2, -0.15) is 0 Å². The molecule has 0 saturated carbocycles. The van der Waals surface area contributed by atoms with Gasteiger partial charge < -0.3 is 0 Å². The van der Waals surface area contributed by atoms with Crippen LogP contribution in [0, 0.1) is 0 Å². The van der Waals surface area contributed by atoms with Crippen LogP contribution < -0.4 is 0 Å². The molecule has 0 aliphatic carbocycles. The molecule has 9 heteroatoms. The summed E-state index contributed by atoms with van der Waals surface area (Å²) in [5.74, 6) is 0. The Morgan fingerprint density at radius 3 is 1.75 bits per heavy atom. The fourth-order valence-electron chi connectivity index (χ4n) is 1.35. The third kappa shape index (κ3) is 5.97. The van der Waals surface area contributed by atoms with Gasteiger partial charge in [-0.05, 0) is 0 Å². The summed E-state index contributed by atoms with van der Waals surface area (Å²) in [5.41, 5.74) is -5.33. The van der Waals surface area contributed by atoms with E-state index in [4.69, 9.17) is 0 Å². The van der Waals surface area contributed by atoms with Crippen molar-refractivity contribution in [2.75, 3.05) is 16.3 Å². The van der Waals surface area contributed by atoms with Crippen molar-refractivity contribution in [2.45, 2.75) is 20.3 Å². The van der Waals surface area contributed by atoms with Crippen LogP contribution in [0.5, 0.6) is 0 Å². The zero-order chi connectivity index (χ0) is 13.4. The summed E-state index contributed by atoms with van der Waals surface area (Å²) < 4.78 is 62.9. The van der Waals surface area contributed by atoms with Crippen molar-refractivity contribution < 1.29 is 25.2 Å². The van der Waals surface area contributed by atoms with Crippen molar-refractivity contribution in [3.8, 4) is 0 Å². The van der Waals surface area contributed by atoms with Gasteiger partial charge in [-0.1, -0.05) is 0 Å². The molecule has 0 heterocycles. The number of hydrogen-bond acceptors (Lipinski definition) is 3. The van der Waals surface area contributed by atoms with Crippen LogP contribution in [0.15, 0.2) is 0 Å². The predicted molar refractivity (Wildman–Crippen MR) is 63.7 cm³/mol. The summed E-state index contributed by atoms with van der Waals surface area (Å²) >= 11 is -2.38. The van der Waals surface area contributed by atoms with Gasteiger partial charge in [0, 0.05) is 0 Å². The second kappa shape index (κ2) is 4.85. The first-order valence-electron chi connectivity index (χ1n) is 4.40. The number of halogens is 3. The number of alkyl halides is 3. The van der Waals surface area contributed by atoms with Crippen molar-refractivity contribution in [3.05, 3.63) is 0 Å². The minimum absolute atomic E-state index is 0.483. The molecule has 0 atom stereocenters. The van der Waals surface area contributed by atoms with E-state index in [0.29, 0.717) is 3.77 Å². The summed E-state index contributed by atoms with van der Waals surface area (Å²) in [6, 6.07) is 0. The molecule has 0 N–H and O–H groups in total. The Morgan fingerprint density at radius 1 is 1.12 bits per heavy atom. The van der Waals surface area contributed by atoms with Crippen molar-refractivity contribution in [1.29, 1.82) is 0 Å². The molecule has 16 heavy (non-hydrogen) atoms. The maximum atomic E-state index is 12.1. The summed E-state index contributed by atoms with van der Waals surface area (Å²) in [6.45, 7) is 0. The summed E-state index contributed by atoms with van der Waals surface area (Å²) in [4.78, 5) is 6.06. The topological polar surface area (TPSA) is 43.4 Å². The van der Waals surface area contributed by atoms with E-state index >= 15 is 0 Å². The fourth-order valence-corrected chi connectivity index (χ4v) is 25.0. The second-order valence-electron chi connectivity index (χ2n) is 5.11. The molecular formula is C7H17F3O3S2Sn. The van der Waals surface area contributed by atoms with Gasteiger partial charge in [-0.3, -0.25) is 0 Å². The Bertz CT molecular complexity index is 343. The summed E-state index contributed by atoms with van der Waals surface area (Å²) in [7, 11) is -7.65. The van der Waals surface area contributed by atoms with Crippen LogP contribution >= 0.6 is 10.3 Å². The molecule has 0 aromatic carbocycles. The minimum atomic E-state index is -5.46. The van der Waals surface area contributed by atoms with Crippen LogP contribution in [0.3, 0.4) is 0 Å². The van der Waals surface area contributed by atoms with Gasteiger partial charge in [0.25, 0.3) is 0 Å². The van der Waals surface area contributed by atoms with Gasteiger partial charge in [0.1, 0.15) is 0 Å². The monoisotopic (exact) mass is 390 g/mol. The molecule has 0 amide bonds. The summed E-state index contributed by atoms with van der Waals surface area (Å²) in [6.07, 6.45) is 2.91. The van der Waals surface area contributed by atoms with Crippen molar-refractivity contribution in [1.82, 2.24) is 0 Å². The molecule has 0 aliphatic rings. The quantitative estimate of drug-likeness (QED) is 0.549. The third-order valence-corrected chi connectivity index (χ3v) is 19.0. The molecule has 0 fully saturated rings. The zero-order valence-electron chi connectivity index (χ0n) is 9.88. The number of hydrogen-bond donors (Lipinski definition) is 0. The Labute approximate surface area is 100 Å². The normalized spacial score (nSPS) is 16.2. The van der Waals surface area contributed by atoms with E-state index in [1.165, 1.54) is 12.5 Å². The molecule has 0 aromatic rings. The second-order valence-corrected chi connectivity index (χ2v) is 27.3. The fraction of sp³-hybridized carbons (Fsp3) is 1.00. The van der Waals surface area contributed by atoms with Gasteiger partial charge in [0.05, 0.1) is 0 Å². The Kier molecular flexibility index (Phi) is 5.10. The van der Waals surface area contributed by atoms with Gasteiger partial charge in [0.2, 0.25) is 0 Å². The molecule has 100 valence electrons. The Morgan fingerprint density at radius 2 is 1.50 bits per heavy atom. The van der Waals surface area contributed by atoms with E-state index in [9.17, 15) is 21.6 Å². The van der Waals surface area contributed by atoms with Crippen LogP contribution in [0.25, 0.3) is 0 Å². The SMILES string of the molecule is CS(C)([CH2][Sn]([CH3])([CH3])[CH3])OS(=O)(=O)C(F)(F)F. The molecule has 0 rings (SSSR count). The average molecular weight is 389 g/mol. The van der Waals surface area contributed by atoms with Crippen molar-refractivity contribution >= 4 is 38.8 Å². The van der Waals surface area contributed by atoms with Crippen molar-refractivity contribution in [2.24, 2.45) is 0 Å². The first-order valence-corrected chi connectivity index (χ1v) is 18.9. The molecule has 0 unspecified atom stereocenters. The summed E-state index contributed by atoms with van der Waals surface area (Å²) in [5, 5.41) is 0. The van der Waals surface area contributed by atoms with Crippen LogP contribution in [0.2, 0.25) is 14.8 Å². The third-order valence-electron chi connectivity index (χ3n) is 1.34. The van der Waals surface area contributed by atoms with E-state index < -0.39 is 44.3 Å². The molecule has 3 nitrogen and oxygen atoms in total. The van der Waals surface area contributed by atoms with E-state index in [2.05, 4.69) is 3.63 Å². The molecule has 0 radical (unpaired) electrons. The average Bonchev–Trinajstić information content (AvgIpc) is 1.72. The Balaban J connectivity index is 4.87. The molecular weight excluding hydrogens is 372 g/mol. The van der Waals surface area contributed by atoms with E-state index in [-0.39, 0.29) is 0 Å². The molecule has 0 bridgehead atoms. The standard InChI is InChI=1S/C4H8F3O3S2.3CH3.Sn/c1-11(2,3)10-12(8,9)4(5,6)7;;;;/h1H2,2-3H3;3*1H3;. The van der Waals surface area contributed by atoms with Gasteiger partial charge in [-0.25, -0.2) is 0 Å². The van der Waals surface area contributed by atoms with Gasteiger partial charge in [-0.15, -0.1) is 0 Å². The first kappa shape index (κ1) is 16.8. The van der Waals surface area contributed by atoms with Crippen LogP contribution in [0.1, 0.15) is 0 Å². The molecule has 0 aromatic heterocycles. The molecule has 0 spiro atoms. The molecule has 0 saturated heterocycles. The zero-order valence-corrected chi connectivity index (χ0v) is 14.4. The van der Waals surface area contributed by atoms with Gasteiger partial charge >= 0.3 is 101 Å². The van der Waals surface area contributed by atoms with Gasteiger partial charge in [0.15, 0.2) is 0 Å². The van der Waals surface area contributed by atoms with E-state index in [1.54, 1.807) is 0 Å². The van der Waals surface area contributed by atoms with Crippen LogP contribution in [-0.2, 0) is 13.7 Å². The first-order chi connectivity index (χ1) is 6.66. The van der Waals surface area contributed by atoms with Crippen molar-refractivity contribution in [3.63, 3.8) is 0 Å².